The average molecular weight is 377 g/mol. The van der Waals surface area contributed by atoms with Gasteiger partial charge in [-0.15, -0.1) is 0 Å². The molecule has 0 radical (unpaired) electrons. The molecule has 2 aromatic rings. The van der Waals surface area contributed by atoms with Crippen molar-refractivity contribution in [1.82, 2.24) is 0 Å². The van der Waals surface area contributed by atoms with E-state index >= 15 is 0 Å². The van der Waals surface area contributed by atoms with Crippen molar-refractivity contribution < 1.29 is 14.3 Å². The fourth-order valence-electron chi connectivity index (χ4n) is 2.17. The Balaban J connectivity index is 2.27. The first-order valence-corrected chi connectivity index (χ1v) is 8.18. The second-order valence-corrected chi connectivity index (χ2v) is 7.32. The topological polar surface area (TPSA) is 35.5 Å². The molecule has 0 amide bonds. The molecule has 0 bridgehead atoms. The molecule has 0 saturated carbocycles. The summed E-state index contributed by atoms with van der Waals surface area (Å²) in [6, 6.07) is 11.1. The van der Waals surface area contributed by atoms with E-state index in [-0.39, 0.29) is 5.41 Å². The van der Waals surface area contributed by atoms with Gasteiger partial charge in [-0.2, -0.15) is 0 Å². The van der Waals surface area contributed by atoms with Crippen LogP contribution in [0.5, 0.6) is 11.5 Å². The van der Waals surface area contributed by atoms with E-state index in [1.165, 1.54) is 5.56 Å². The maximum atomic E-state index is 12.4. The quantitative estimate of drug-likeness (QED) is 0.539. The van der Waals surface area contributed by atoms with Crippen molar-refractivity contribution in [3.05, 3.63) is 57.6 Å². The Hall–Kier alpha value is -1.81. The maximum absolute atomic E-state index is 12.4. The number of rotatable bonds is 3. The van der Waals surface area contributed by atoms with Crippen LogP contribution in [0.3, 0.4) is 0 Å². The van der Waals surface area contributed by atoms with Crippen LogP contribution in [-0.2, 0) is 5.41 Å². The summed E-state index contributed by atoms with van der Waals surface area (Å²) in [5, 5.41) is 0. The summed E-state index contributed by atoms with van der Waals surface area (Å²) in [7, 11) is 1.56. The molecule has 0 aliphatic rings. The molecule has 0 N–H and O–H groups in total. The van der Waals surface area contributed by atoms with Crippen molar-refractivity contribution in [2.45, 2.75) is 33.1 Å². The minimum Gasteiger partial charge on any atom is -0.497 e. The highest BCUT2D eigenvalue weighted by Crippen LogP contribution is 2.29. The summed E-state index contributed by atoms with van der Waals surface area (Å²) in [6.07, 6.45) is 0. The van der Waals surface area contributed by atoms with Crippen molar-refractivity contribution in [2.24, 2.45) is 0 Å². The van der Waals surface area contributed by atoms with Crippen LogP contribution in [0.25, 0.3) is 0 Å². The zero-order valence-electron chi connectivity index (χ0n) is 14.1. The number of aryl methyl sites for hydroxylation is 1. The van der Waals surface area contributed by atoms with E-state index < -0.39 is 5.97 Å². The summed E-state index contributed by atoms with van der Waals surface area (Å²) in [5.41, 5.74) is 2.63. The molecule has 0 aliphatic carbocycles. The van der Waals surface area contributed by atoms with Gasteiger partial charge in [-0.1, -0.05) is 32.9 Å². The molecular weight excluding hydrogens is 356 g/mol. The van der Waals surface area contributed by atoms with Crippen LogP contribution in [-0.4, -0.2) is 13.1 Å². The van der Waals surface area contributed by atoms with Gasteiger partial charge in [0.15, 0.2) is 0 Å². The molecule has 0 aliphatic heterocycles. The molecule has 0 spiro atoms. The Kier molecular flexibility index (Phi) is 5.15. The van der Waals surface area contributed by atoms with Gasteiger partial charge < -0.3 is 9.47 Å². The van der Waals surface area contributed by atoms with Gasteiger partial charge in [-0.3, -0.25) is 0 Å². The number of hydrogen-bond donors (Lipinski definition) is 0. The summed E-state index contributed by atoms with van der Waals surface area (Å²) in [5.74, 6) is 0.764. The van der Waals surface area contributed by atoms with E-state index in [9.17, 15) is 4.79 Å². The van der Waals surface area contributed by atoms with Crippen molar-refractivity contribution in [2.75, 3.05) is 7.11 Å². The minimum absolute atomic E-state index is 0.0587. The number of methoxy groups -OCH3 is 1. The van der Waals surface area contributed by atoms with Crippen LogP contribution < -0.4 is 9.47 Å². The third kappa shape index (κ3) is 4.14. The average Bonchev–Trinajstić information content (AvgIpc) is 2.48. The number of benzene rings is 2. The Morgan fingerprint density at radius 3 is 2.35 bits per heavy atom. The molecule has 0 heterocycles. The van der Waals surface area contributed by atoms with Gasteiger partial charge in [-0.25, -0.2) is 4.79 Å². The van der Waals surface area contributed by atoms with Gasteiger partial charge >= 0.3 is 5.97 Å². The molecule has 122 valence electrons. The lowest BCUT2D eigenvalue weighted by molar-refractivity contribution is 0.0732. The van der Waals surface area contributed by atoms with Crippen LogP contribution in [0.4, 0.5) is 0 Å². The van der Waals surface area contributed by atoms with Gasteiger partial charge in [0, 0.05) is 4.47 Å². The zero-order valence-corrected chi connectivity index (χ0v) is 15.7. The second kappa shape index (κ2) is 6.75. The molecule has 0 aromatic heterocycles. The van der Waals surface area contributed by atoms with Gasteiger partial charge in [0.2, 0.25) is 0 Å². The summed E-state index contributed by atoms with van der Waals surface area (Å²) in [4.78, 5) is 12.4. The molecule has 0 atom stereocenters. The van der Waals surface area contributed by atoms with E-state index in [4.69, 9.17) is 9.47 Å². The lowest BCUT2D eigenvalue weighted by Gasteiger charge is -2.20. The van der Waals surface area contributed by atoms with Gasteiger partial charge in [0.05, 0.1) is 12.7 Å². The molecule has 2 aromatic carbocycles. The van der Waals surface area contributed by atoms with Crippen LogP contribution >= 0.6 is 15.9 Å². The van der Waals surface area contributed by atoms with Crippen LogP contribution in [0.15, 0.2) is 40.9 Å². The SMILES string of the molecule is COc1ccc(Br)c(C(=O)Oc2ccc(C(C)(C)C)cc2C)c1. The molecule has 0 unspecified atom stereocenters. The summed E-state index contributed by atoms with van der Waals surface area (Å²) in [6.45, 7) is 8.40. The van der Waals surface area contributed by atoms with Crippen LogP contribution in [0.2, 0.25) is 0 Å². The van der Waals surface area contributed by atoms with Crippen molar-refractivity contribution >= 4 is 21.9 Å². The van der Waals surface area contributed by atoms with E-state index in [1.807, 2.05) is 19.1 Å². The van der Waals surface area contributed by atoms with Gasteiger partial charge in [-0.05, 0) is 63.7 Å². The van der Waals surface area contributed by atoms with Gasteiger partial charge in [0.25, 0.3) is 0 Å². The van der Waals surface area contributed by atoms with Crippen LogP contribution in [0, 0.1) is 6.92 Å². The monoisotopic (exact) mass is 376 g/mol. The standard InChI is InChI=1S/C19H21BrO3/c1-12-10-13(19(2,3)4)6-9-17(12)23-18(21)15-11-14(22-5)7-8-16(15)20/h6-11H,1-5H3. The lowest BCUT2D eigenvalue weighted by atomic mass is 9.86. The normalized spacial score (nSPS) is 11.2. The van der Waals surface area contributed by atoms with Crippen LogP contribution in [0.1, 0.15) is 42.3 Å². The fourth-order valence-corrected chi connectivity index (χ4v) is 2.58. The first-order valence-electron chi connectivity index (χ1n) is 7.39. The largest absolute Gasteiger partial charge is 0.497 e. The Labute approximate surface area is 145 Å². The second-order valence-electron chi connectivity index (χ2n) is 6.47. The number of ether oxygens (including phenoxy) is 2. The van der Waals surface area contributed by atoms with E-state index in [1.54, 1.807) is 25.3 Å². The predicted octanol–water partition coefficient (Wildman–Crippen LogP) is 5.28. The smallest absolute Gasteiger partial charge is 0.344 e. The number of hydrogen-bond acceptors (Lipinski definition) is 3. The number of carbonyl (C=O) groups excluding carboxylic acids is 1. The molecule has 4 heteroatoms. The first-order chi connectivity index (χ1) is 10.7. The molecule has 2 rings (SSSR count). The highest BCUT2D eigenvalue weighted by atomic mass is 79.9. The molecule has 23 heavy (non-hydrogen) atoms. The number of esters is 1. The third-order valence-electron chi connectivity index (χ3n) is 3.64. The summed E-state index contributed by atoms with van der Waals surface area (Å²) < 4.78 is 11.4. The van der Waals surface area contributed by atoms with Crippen molar-refractivity contribution in [3.8, 4) is 11.5 Å². The fraction of sp³-hybridized carbons (Fsp3) is 0.316. The minimum atomic E-state index is -0.414. The van der Waals surface area contributed by atoms with Gasteiger partial charge in [0.1, 0.15) is 11.5 Å². The van der Waals surface area contributed by atoms with Crippen molar-refractivity contribution in [3.63, 3.8) is 0 Å². The van der Waals surface area contributed by atoms with E-state index in [0.29, 0.717) is 21.5 Å². The highest BCUT2D eigenvalue weighted by Gasteiger charge is 2.18. The van der Waals surface area contributed by atoms with E-state index in [0.717, 1.165) is 5.56 Å². The predicted molar refractivity (Wildman–Crippen MR) is 95.5 cm³/mol. The maximum Gasteiger partial charge on any atom is 0.344 e. The Bertz CT molecular complexity index is 730. The number of halogens is 1. The van der Waals surface area contributed by atoms with E-state index in [2.05, 4.69) is 42.8 Å². The molecule has 0 fully saturated rings. The number of carbonyl (C=O) groups is 1. The molecular formula is C19H21BrO3. The van der Waals surface area contributed by atoms with Crippen molar-refractivity contribution in [1.29, 1.82) is 0 Å². The zero-order chi connectivity index (χ0) is 17.2. The Morgan fingerprint density at radius 2 is 1.78 bits per heavy atom. The summed E-state index contributed by atoms with van der Waals surface area (Å²) >= 11 is 3.37. The Morgan fingerprint density at radius 1 is 1.09 bits per heavy atom. The lowest BCUT2D eigenvalue weighted by Crippen LogP contribution is -2.13. The third-order valence-corrected chi connectivity index (χ3v) is 4.33. The molecule has 0 saturated heterocycles. The molecule has 3 nitrogen and oxygen atoms in total. The highest BCUT2D eigenvalue weighted by molar-refractivity contribution is 9.10. The first kappa shape index (κ1) is 17.5.